The van der Waals surface area contributed by atoms with Gasteiger partial charge in [0.25, 0.3) is 5.84 Å². The van der Waals surface area contributed by atoms with Crippen molar-refractivity contribution >= 4 is 111 Å². The lowest BCUT2D eigenvalue weighted by Crippen LogP contribution is -2.54. The number of hydrogen-bond acceptors (Lipinski definition) is 3. The summed E-state index contributed by atoms with van der Waals surface area (Å²) in [4.78, 5) is 3.55. The maximum Gasteiger partial charge on any atom is 0.286 e. The molecule has 0 saturated carbocycles. The van der Waals surface area contributed by atoms with Gasteiger partial charge in [0.2, 0.25) is 5.84 Å². The van der Waals surface area contributed by atoms with Gasteiger partial charge in [-0.15, -0.1) is 0 Å². The second kappa shape index (κ2) is 35.2. The highest BCUT2D eigenvalue weighted by Gasteiger charge is 2.30. The third-order valence-corrected chi connectivity index (χ3v) is 27.4. The van der Waals surface area contributed by atoms with Gasteiger partial charge in [0.1, 0.15) is 17.4 Å². The Morgan fingerprint density at radius 3 is 0.884 bits per heavy atom. The second-order valence-electron chi connectivity index (χ2n) is 35.4. The van der Waals surface area contributed by atoms with Crippen LogP contribution in [0.25, 0.3) is 199 Å². The fourth-order valence-electron chi connectivity index (χ4n) is 20.5. The molecule has 0 saturated heterocycles. The quantitative estimate of drug-likeness (QED) is 0.0506. The zero-order valence-electron chi connectivity index (χ0n) is 75.4. The maximum absolute atomic E-state index is 10.1. The normalized spacial score (nSPS) is 11.4. The van der Waals surface area contributed by atoms with Crippen LogP contribution in [0.4, 0.5) is 11.4 Å². The first-order valence-corrected chi connectivity index (χ1v) is 46.8. The lowest BCUT2D eigenvalue weighted by atomic mass is 9.89. The van der Waals surface area contributed by atoms with Gasteiger partial charge in [-0.2, -0.15) is 4.90 Å². The molecule has 22 aromatic carbocycles. The molecule has 2 heterocycles. The summed E-state index contributed by atoms with van der Waals surface area (Å²) >= 11 is 0. The number of fused-ring (bicyclic) bond motifs is 9. The summed E-state index contributed by atoms with van der Waals surface area (Å²) < 4.78 is 4.81. The van der Waals surface area contributed by atoms with Crippen molar-refractivity contribution in [2.45, 2.75) is 0 Å². The van der Waals surface area contributed by atoms with E-state index in [-0.39, 0.29) is 17.5 Å². The van der Waals surface area contributed by atoms with E-state index in [1.807, 2.05) is 120 Å². The number of anilines is 2. The molecule has 0 radical (unpaired) electrons. The molecular formula is C130H89N8+. The summed E-state index contributed by atoms with van der Waals surface area (Å²) in [5.41, 5.74) is 33.5. The fraction of sp³-hybridized carbons (Fsp3) is 0. The van der Waals surface area contributed by atoms with Crippen LogP contribution in [-0.2, 0) is 0 Å². The van der Waals surface area contributed by atoms with Crippen LogP contribution < -0.4 is 15.2 Å². The molecule has 0 spiro atoms. The number of hydrogen-bond donors (Lipinski definition) is 4. The lowest BCUT2D eigenvalue weighted by Gasteiger charge is -2.26. The van der Waals surface area contributed by atoms with Crippen molar-refractivity contribution in [3.8, 4) is 123 Å². The van der Waals surface area contributed by atoms with E-state index in [2.05, 4.69) is 403 Å². The van der Waals surface area contributed by atoms with Crippen LogP contribution in [0.15, 0.2) is 510 Å². The number of nitrogens with two attached hydrogens (primary N) is 1. The molecule has 0 unspecified atom stereocenters. The molecule has 0 aliphatic carbocycles. The molecule has 24 rings (SSSR count). The van der Waals surface area contributed by atoms with Crippen molar-refractivity contribution in [2.24, 2.45) is 0 Å². The van der Waals surface area contributed by atoms with Crippen molar-refractivity contribution in [1.82, 2.24) is 9.13 Å². The van der Waals surface area contributed by atoms with Gasteiger partial charge in [-0.25, -0.2) is 0 Å². The SMILES string of the molecule is N=C(c1ccccc1)N(C(=N)c1ccc(-c2ccccc2-c2ccccc2-c2ccc(-n3c4ccc(-c5ccc6ccccc6c5)cc4c4cc(-c5ccc6c(-c7ccc(C(=N)N(C(=[NH2+])c8ccc(-c9ccccc9-c9ccccc9-c9ccc(-n%10c%11ccccc%11c%11cc(-c%12ccc%13ccccc%13c%12)ccc%11%10)cc9)cc8)c8ccccc8)cc7)cccc6c5)ccc43)cc2)cc1)c1ccccc1. The predicted molar refractivity (Wildman–Crippen MR) is 579 cm³/mol. The Balaban J connectivity index is 0.496. The number of para-hydroxylation sites is 3. The number of rotatable bonds is 18. The van der Waals surface area contributed by atoms with Crippen molar-refractivity contribution in [1.29, 1.82) is 16.2 Å². The molecule has 138 heavy (non-hydrogen) atoms. The minimum absolute atomic E-state index is 0.217. The molecule has 8 nitrogen and oxygen atoms in total. The third kappa shape index (κ3) is 15.1. The Hall–Kier alpha value is -18.5. The van der Waals surface area contributed by atoms with E-state index in [4.69, 9.17) is 5.41 Å². The molecular weight excluding hydrogens is 1670 g/mol. The molecule has 0 fully saturated rings. The average Bonchev–Trinajstić information content (AvgIpc) is 1.58. The second-order valence-corrected chi connectivity index (χ2v) is 35.4. The minimum atomic E-state index is 0.217. The Morgan fingerprint density at radius 2 is 0.449 bits per heavy atom. The monoisotopic (exact) mass is 1760 g/mol. The molecule has 0 amide bonds. The summed E-state index contributed by atoms with van der Waals surface area (Å²) in [5, 5.41) is 48.2. The van der Waals surface area contributed by atoms with Gasteiger partial charge < -0.3 is 9.13 Å². The Labute approximate surface area is 800 Å². The van der Waals surface area contributed by atoms with Crippen molar-refractivity contribution in [3.63, 3.8) is 0 Å². The third-order valence-electron chi connectivity index (χ3n) is 27.4. The molecule has 648 valence electrons. The van der Waals surface area contributed by atoms with Crippen LogP contribution in [0, 0.1) is 16.2 Å². The Kier molecular flexibility index (Phi) is 21.1. The number of aromatic nitrogens is 2. The van der Waals surface area contributed by atoms with E-state index in [0.29, 0.717) is 11.4 Å². The fourth-order valence-corrected chi connectivity index (χ4v) is 20.5. The van der Waals surface area contributed by atoms with E-state index in [1.54, 1.807) is 4.90 Å². The first kappa shape index (κ1) is 82.6. The summed E-state index contributed by atoms with van der Waals surface area (Å²) in [7, 11) is 0. The number of benzene rings is 22. The summed E-state index contributed by atoms with van der Waals surface area (Å²) in [6.45, 7) is 0. The van der Waals surface area contributed by atoms with Crippen LogP contribution in [0.2, 0.25) is 0 Å². The van der Waals surface area contributed by atoms with E-state index >= 15 is 0 Å². The largest absolute Gasteiger partial charge is 0.309 e. The minimum Gasteiger partial charge on any atom is -0.309 e. The molecule has 0 atom stereocenters. The predicted octanol–water partition coefficient (Wildman–Crippen LogP) is 31.9. The zero-order chi connectivity index (χ0) is 92.3. The summed E-state index contributed by atoms with van der Waals surface area (Å²) in [6, 6.07) is 180. The van der Waals surface area contributed by atoms with Gasteiger partial charge in [0.15, 0.2) is 0 Å². The number of nitrogens with zero attached hydrogens (tertiary/aromatic N) is 4. The van der Waals surface area contributed by atoms with Crippen molar-refractivity contribution in [2.75, 3.05) is 9.80 Å². The van der Waals surface area contributed by atoms with E-state index in [9.17, 15) is 16.2 Å². The van der Waals surface area contributed by atoms with Gasteiger partial charge in [-0.3, -0.25) is 26.5 Å². The highest BCUT2D eigenvalue weighted by atomic mass is 15.2. The molecule has 0 aliphatic heterocycles. The van der Waals surface area contributed by atoms with Gasteiger partial charge in [-0.05, 0) is 277 Å². The van der Waals surface area contributed by atoms with Gasteiger partial charge in [-0.1, -0.05) is 376 Å². The Bertz CT molecular complexity index is 8920. The summed E-state index contributed by atoms with van der Waals surface area (Å²) in [5.74, 6) is 1.14. The smallest absolute Gasteiger partial charge is 0.286 e. The number of nitrogens with one attached hydrogen (secondary N) is 3. The van der Waals surface area contributed by atoms with Crippen LogP contribution >= 0.6 is 0 Å². The highest BCUT2D eigenvalue weighted by Crippen LogP contribution is 2.46. The van der Waals surface area contributed by atoms with E-state index in [0.717, 1.165) is 172 Å². The molecule has 5 N–H and O–H groups in total. The van der Waals surface area contributed by atoms with Crippen LogP contribution in [0.5, 0.6) is 0 Å². The molecule has 0 aliphatic rings. The molecule has 8 heteroatoms. The number of amidine groups is 4. The standard InChI is InChI=1S/C130H88N8/c131-127(92-27-4-1-5-28-92)137(105-32-6-2-7-33-105)128(132)94-57-51-88(52-58-94)110-36-14-19-41-116(110)118-43-21-17-39-113(118)91-65-73-108(74-66-91)136-125-77-69-102(99-62-48-86-26-11-13-30-97(86)80-99)83-121(125)122-84-103(70-78-126(122)136)100-67-75-114-104(81-100)31-24-45-109(114)87-49-55-93(56-50-87)129(133)138(106-34-8-3-9-35-106)130(134)95-59-53-89(54-60-95)111-37-15-18-40-115(111)117-42-20-16-38-112(117)90-63-71-107(72-64-90)135-123-46-23-22-44-119(123)120-82-101(68-76-124(120)135)98-61-47-85-25-10-12-29-96(85)79-98/h1-84,131-134H/p+1. The van der Waals surface area contributed by atoms with E-state index < -0.39 is 0 Å². The molecule has 0 bridgehead atoms. The molecule has 2 aromatic heterocycles. The van der Waals surface area contributed by atoms with Crippen LogP contribution in [0.3, 0.4) is 0 Å². The maximum atomic E-state index is 10.1. The van der Waals surface area contributed by atoms with Crippen molar-refractivity contribution in [3.05, 3.63) is 532 Å². The van der Waals surface area contributed by atoms with Crippen LogP contribution in [-0.4, -0.2) is 32.5 Å². The topological polar surface area (TPSA) is 113 Å². The molecule has 24 aromatic rings. The van der Waals surface area contributed by atoms with Gasteiger partial charge in [0, 0.05) is 55.3 Å². The van der Waals surface area contributed by atoms with Gasteiger partial charge in [0.05, 0.1) is 27.6 Å². The average molecular weight is 1760 g/mol. The highest BCUT2D eigenvalue weighted by molar-refractivity contribution is 6.29. The van der Waals surface area contributed by atoms with E-state index in [1.165, 1.54) is 54.5 Å². The zero-order valence-corrected chi connectivity index (χ0v) is 75.4. The first-order chi connectivity index (χ1) is 68.1. The van der Waals surface area contributed by atoms with Crippen LogP contribution in [0.1, 0.15) is 22.3 Å². The first-order valence-electron chi connectivity index (χ1n) is 46.8. The summed E-state index contributed by atoms with van der Waals surface area (Å²) in [6.07, 6.45) is 0. The lowest BCUT2D eigenvalue weighted by molar-refractivity contribution is -0.113. The Morgan fingerprint density at radius 1 is 0.174 bits per heavy atom. The van der Waals surface area contributed by atoms with Crippen molar-refractivity contribution < 1.29 is 5.41 Å². The van der Waals surface area contributed by atoms with Gasteiger partial charge >= 0.3 is 0 Å².